The Morgan fingerprint density at radius 2 is 1.76 bits per heavy atom. The fourth-order valence-electron chi connectivity index (χ4n) is 1.68. The largest absolute Gasteiger partial charge is 0.497 e. The number of nitrogen functional groups attached to an aromatic ring is 1. The van der Waals surface area contributed by atoms with Gasteiger partial charge in [0.15, 0.2) is 11.6 Å². The van der Waals surface area contributed by atoms with Crippen molar-refractivity contribution in [3.63, 3.8) is 0 Å². The maximum Gasteiger partial charge on any atom is 0.257 e. The topological polar surface area (TPSA) is 64.3 Å². The van der Waals surface area contributed by atoms with Crippen molar-refractivity contribution < 1.29 is 22.7 Å². The van der Waals surface area contributed by atoms with Gasteiger partial charge in [-0.1, -0.05) is 0 Å². The SMILES string of the molecule is COc1ccc(C(=O)Nc2cc(F)c(F)cc2F)c(N)c1. The molecule has 3 N–H and O–H groups in total. The summed E-state index contributed by atoms with van der Waals surface area (Å²) in [6.45, 7) is 0. The molecule has 0 aromatic heterocycles. The van der Waals surface area contributed by atoms with Gasteiger partial charge in [0.2, 0.25) is 0 Å². The van der Waals surface area contributed by atoms with Gasteiger partial charge >= 0.3 is 0 Å². The minimum atomic E-state index is -1.34. The zero-order chi connectivity index (χ0) is 15.6. The van der Waals surface area contributed by atoms with Crippen LogP contribution in [0.4, 0.5) is 24.5 Å². The van der Waals surface area contributed by atoms with Crippen molar-refractivity contribution in [2.24, 2.45) is 0 Å². The minimum absolute atomic E-state index is 0.0555. The van der Waals surface area contributed by atoms with E-state index in [1.807, 2.05) is 0 Å². The lowest BCUT2D eigenvalue weighted by Crippen LogP contribution is -2.15. The van der Waals surface area contributed by atoms with Gasteiger partial charge < -0.3 is 15.8 Å². The first-order chi connectivity index (χ1) is 9.92. The number of carbonyl (C=O) groups is 1. The molecule has 0 radical (unpaired) electrons. The lowest BCUT2D eigenvalue weighted by Gasteiger charge is -2.10. The summed E-state index contributed by atoms with van der Waals surface area (Å²) in [5.41, 5.74) is 5.36. The van der Waals surface area contributed by atoms with Crippen molar-refractivity contribution in [1.82, 2.24) is 0 Å². The molecule has 2 aromatic rings. The fourth-order valence-corrected chi connectivity index (χ4v) is 1.68. The van der Waals surface area contributed by atoms with Crippen molar-refractivity contribution in [3.8, 4) is 5.75 Å². The first-order valence-corrected chi connectivity index (χ1v) is 5.81. The molecule has 0 aliphatic heterocycles. The molecule has 0 spiro atoms. The van der Waals surface area contributed by atoms with Crippen molar-refractivity contribution in [2.75, 3.05) is 18.2 Å². The van der Waals surface area contributed by atoms with Crippen molar-refractivity contribution in [2.45, 2.75) is 0 Å². The summed E-state index contributed by atoms with van der Waals surface area (Å²) < 4.78 is 44.2. The molecule has 0 atom stereocenters. The monoisotopic (exact) mass is 296 g/mol. The van der Waals surface area contributed by atoms with E-state index in [9.17, 15) is 18.0 Å². The van der Waals surface area contributed by atoms with Crippen LogP contribution in [0.2, 0.25) is 0 Å². The van der Waals surface area contributed by atoms with Crippen LogP contribution in [0, 0.1) is 17.5 Å². The molecule has 0 unspecified atom stereocenters. The van der Waals surface area contributed by atoms with Gasteiger partial charge in [0.25, 0.3) is 5.91 Å². The van der Waals surface area contributed by atoms with E-state index in [0.29, 0.717) is 17.9 Å². The highest BCUT2D eigenvalue weighted by Crippen LogP contribution is 2.23. The van der Waals surface area contributed by atoms with E-state index in [-0.39, 0.29) is 11.3 Å². The minimum Gasteiger partial charge on any atom is -0.497 e. The molecule has 0 aliphatic carbocycles. The quantitative estimate of drug-likeness (QED) is 0.676. The van der Waals surface area contributed by atoms with Gasteiger partial charge in [-0.2, -0.15) is 0 Å². The van der Waals surface area contributed by atoms with E-state index in [2.05, 4.69) is 5.32 Å². The Labute approximate surface area is 118 Å². The molecule has 0 heterocycles. The average molecular weight is 296 g/mol. The smallest absolute Gasteiger partial charge is 0.257 e. The number of hydrogen-bond acceptors (Lipinski definition) is 3. The molecule has 2 rings (SSSR count). The predicted molar refractivity (Wildman–Crippen MR) is 71.7 cm³/mol. The first kappa shape index (κ1) is 14.7. The highest BCUT2D eigenvalue weighted by atomic mass is 19.2. The van der Waals surface area contributed by atoms with Gasteiger partial charge in [0.05, 0.1) is 18.4 Å². The number of amides is 1. The standard InChI is InChI=1S/C14H11F3N2O2/c1-21-7-2-3-8(12(18)4-7)14(20)19-13-6-10(16)9(15)5-11(13)17/h2-6H,18H2,1H3,(H,19,20). The number of carbonyl (C=O) groups excluding carboxylic acids is 1. The second-order valence-corrected chi connectivity index (χ2v) is 4.15. The number of nitrogens with one attached hydrogen (secondary N) is 1. The molecule has 21 heavy (non-hydrogen) atoms. The fraction of sp³-hybridized carbons (Fsp3) is 0.0714. The molecular formula is C14H11F3N2O2. The van der Waals surface area contributed by atoms with E-state index in [1.165, 1.54) is 25.3 Å². The number of methoxy groups -OCH3 is 1. The van der Waals surface area contributed by atoms with Crippen LogP contribution in [-0.2, 0) is 0 Å². The lowest BCUT2D eigenvalue weighted by molar-refractivity contribution is 0.102. The Balaban J connectivity index is 2.28. The van der Waals surface area contributed by atoms with E-state index in [0.717, 1.165) is 0 Å². The van der Waals surface area contributed by atoms with Crippen LogP contribution >= 0.6 is 0 Å². The van der Waals surface area contributed by atoms with Gasteiger partial charge in [-0.25, -0.2) is 13.2 Å². The number of hydrogen-bond donors (Lipinski definition) is 2. The molecule has 0 saturated heterocycles. The summed E-state index contributed by atoms with van der Waals surface area (Å²) in [6, 6.07) is 5.19. The van der Waals surface area contributed by atoms with Gasteiger partial charge in [-0.3, -0.25) is 4.79 Å². The molecule has 0 aliphatic rings. The van der Waals surface area contributed by atoms with Crippen LogP contribution in [0.25, 0.3) is 0 Å². The summed E-state index contributed by atoms with van der Waals surface area (Å²) in [6.07, 6.45) is 0. The Morgan fingerprint density at radius 3 is 2.38 bits per heavy atom. The predicted octanol–water partition coefficient (Wildman–Crippen LogP) is 2.95. The van der Waals surface area contributed by atoms with Crippen molar-refractivity contribution in [1.29, 1.82) is 0 Å². The Kier molecular flexibility index (Phi) is 4.02. The Hall–Kier alpha value is -2.70. The van der Waals surface area contributed by atoms with Gasteiger partial charge in [-0.05, 0) is 12.1 Å². The van der Waals surface area contributed by atoms with E-state index < -0.39 is 29.0 Å². The zero-order valence-electron chi connectivity index (χ0n) is 10.9. The first-order valence-electron chi connectivity index (χ1n) is 5.81. The summed E-state index contributed by atoms with van der Waals surface area (Å²) in [5, 5.41) is 2.13. The third-order valence-electron chi connectivity index (χ3n) is 2.76. The van der Waals surface area contributed by atoms with Crippen LogP contribution in [0.3, 0.4) is 0 Å². The number of ether oxygens (including phenoxy) is 1. The molecule has 2 aromatic carbocycles. The van der Waals surface area contributed by atoms with E-state index in [4.69, 9.17) is 10.5 Å². The maximum absolute atomic E-state index is 13.5. The van der Waals surface area contributed by atoms with Crippen molar-refractivity contribution >= 4 is 17.3 Å². The third kappa shape index (κ3) is 3.07. The number of anilines is 2. The van der Waals surface area contributed by atoms with Gasteiger partial charge in [0.1, 0.15) is 11.6 Å². The van der Waals surface area contributed by atoms with E-state index >= 15 is 0 Å². The molecule has 0 bridgehead atoms. The van der Waals surface area contributed by atoms with Crippen LogP contribution < -0.4 is 15.8 Å². The lowest BCUT2D eigenvalue weighted by atomic mass is 10.1. The van der Waals surface area contributed by atoms with Crippen LogP contribution in [0.1, 0.15) is 10.4 Å². The van der Waals surface area contributed by atoms with Gasteiger partial charge in [0, 0.05) is 23.9 Å². The zero-order valence-corrected chi connectivity index (χ0v) is 10.9. The molecule has 1 amide bonds. The second kappa shape index (κ2) is 5.74. The Bertz CT molecular complexity index is 705. The number of benzene rings is 2. The second-order valence-electron chi connectivity index (χ2n) is 4.15. The van der Waals surface area contributed by atoms with Crippen LogP contribution in [-0.4, -0.2) is 13.0 Å². The normalized spacial score (nSPS) is 10.3. The average Bonchev–Trinajstić information content (AvgIpc) is 2.44. The highest BCUT2D eigenvalue weighted by molar-refractivity contribution is 6.07. The summed E-state index contributed by atoms with van der Waals surface area (Å²) in [4.78, 5) is 12.0. The molecule has 7 heteroatoms. The van der Waals surface area contributed by atoms with Crippen LogP contribution in [0.15, 0.2) is 30.3 Å². The molecule has 110 valence electrons. The van der Waals surface area contributed by atoms with E-state index in [1.54, 1.807) is 0 Å². The maximum atomic E-state index is 13.5. The van der Waals surface area contributed by atoms with Crippen LogP contribution in [0.5, 0.6) is 5.75 Å². The summed E-state index contributed by atoms with van der Waals surface area (Å²) in [5.74, 6) is -4.00. The Morgan fingerprint density at radius 1 is 1.10 bits per heavy atom. The summed E-state index contributed by atoms with van der Waals surface area (Å²) >= 11 is 0. The molecule has 0 saturated carbocycles. The van der Waals surface area contributed by atoms with Gasteiger partial charge in [-0.15, -0.1) is 0 Å². The third-order valence-corrected chi connectivity index (χ3v) is 2.76. The molecule has 4 nitrogen and oxygen atoms in total. The summed E-state index contributed by atoms with van der Waals surface area (Å²) in [7, 11) is 1.44. The highest BCUT2D eigenvalue weighted by Gasteiger charge is 2.15. The number of halogens is 3. The number of rotatable bonds is 3. The molecule has 0 fully saturated rings. The van der Waals surface area contributed by atoms with Crippen molar-refractivity contribution in [3.05, 3.63) is 53.3 Å². The number of nitrogens with two attached hydrogens (primary N) is 1. The molecular weight excluding hydrogens is 285 g/mol.